The van der Waals surface area contributed by atoms with Crippen molar-refractivity contribution in [2.75, 3.05) is 13.1 Å². The Morgan fingerprint density at radius 2 is 2.00 bits per heavy atom. The first-order valence-electron chi connectivity index (χ1n) is 9.44. The van der Waals surface area contributed by atoms with Gasteiger partial charge in [-0.15, -0.1) is 0 Å². The Bertz CT molecular complexity index is 547. The summed E-state index contributed by atoms with van der Waals surface area (Å²) in [6.45, 7) is 4.77. The van der Waals surface area contributed by atoms with Gasteiger partial charge in [0.2, 0.25) is 11.8 Å². The average molecular weight is 384 g/mol. The molecule has 1 atom stereocenters. The molecule has 1 saturated carbocycles. The van der Waals surface area contributed by atoms with Crippen molar-refractivity contribution in [1.82, 2.24) is 15.5 Å². The van der Waals surface area contributed by atoms with Gasteiger partial charge in [0, 0.05) is 19.5 Å². The summed E-state index contributed by atoms with van der Waals surface area (Å²) in [6, 6.07) is -0.744. The van der Waals surface area contributed by atoms with Gasteiger partial charge in [-0.3, -0.25) is 14.4 Å². The van der Waals surface area contributed by atoms with Crippen LogP contribution in [0.4, 0.5) is 0 Å². The van der Waals surface area contributed by atoms with Crippen LogP contribution in [0, 0.1) is 5.92 Å². The lowest BCUT2D eigenvalue weighted by Gasteiger charge is -2.36. The molecular weight excluding hydrogens is 354 g/mol. The van der Waals surface area contributed by atoms with E-state index in [2.05, 4.69) is 10.6 Å². The Morgan fingerprint density at radius 3 is 2.65 bits per heavy atom. The minimum Gasteiger partial charge on any atom is -0.462 e. The third-order valence-corrected chi connectivity index (χ3v) is 4.98. The largest absolute Gasteiger partial charge is 0.462 e. The summed E-state index contributed by atoms with van der Waals surface area (Å²) in [5.41, 5.74) is 0. The second-order valence-corrected chi connectivity index (χ2v) is 7.79. The van der Waals surface area contributed by atoms with Crippen molar-refractivity contribution >= 4 is 35.1 Å². The third kappa shape index (κ3) is 6.23. The lowest BCUT2D eigenvalue weighted by Crippen LogP contribution is -2.60. The Hall–Kier alpha value is -1.70. The molecular formula is C18H29N3O4S. The van der Waals surface area contributed by atoms with Crippen LogP contribution in [0.5, 0.6) is 0 Å². The van der Waals surface area contributed by atoms with Crippen molar-refractivity contribution < 1.29 is 19.1 Å². The molecule has 2 aliphatic rings. The van der Waals surface area contributed by atoms with E-state index < -0.39 is 6.04 Å². The highest BCUT2D eigenvalue weighted by Crippen LogP contribution is 2.21. The topological polar surface area (TPSA) is 87.7 Å². The number of thiocarbonyl (C=S) groups is 1. The molecule has 0 aromatic rings. The number of nitrogens with one attached hydrogen (secondary N) is 2. The first-order valence-corrected chi connectivity index (χ1v) is 9.85. The van der Waals surface area contributed by atoms with Gasteiger partial charge in [-0.05, 0) is 43.8 Å². The van der Waals surface area contributed by atoms with Crippen LogP contribution in [0.15, 0.2) is 0 Å². The van der Waals surface area contributed by atoms with Crippen LogP contribution in [-0.2, 0) is 19.1 Å². The van der Waals surface area contributed by atoms with Crippen LogP contribution >= 0.6 is 12.2 Å². The Kier molecular flexibility index (Phi) is 7.81. The number of ether oxygens (including phenoxy) is 1. The highest BCUT2D eigenvalue weighted by molar-refractivity contribution is 7.80. The molecule has 0 radical (unpaired) electrons. The summed E-state index contributed by atoms with van der Waals surface area (Å²) in [5, 5.41) is 5.62. The lowest BCUT2D eigenvalue weighted by molar-refractivity contribution is -0.153. The van der Waals surface area contributed by atoms with Crippen molar-refractivity contribution in [1.29, 1.82) is 0 Å². The molecule has 26 heavy (non-hydrogen) atoms. The molecule has 7 nitrogen and oxygen atoms in total. The van der Waals surface area contributed by atoms with Crippen LogP contribution in [0.25, 0.3) is 0 Å². The van der Waals surface area contributed by atoms with E-state index in [0.717, 1.165) is 25.7 Å². The second kappa shape index (κ2) is 9.85. The van der Waals surface area contributed by atoms with Gasteiger partial charge >= 0.3 is 5.97 Å². The first kappa shape index (κ1) is 20.6. The zero-order valence-electron chi connectivity index (χ0n) is 15.6. The van der Waals surface area contributed by atoms with Gasteiger partial charge < -0.3 is 20.3 Å². The van der Waals surface area contributed by atoms with E-state index in [4.69, 9.17) is 17.0 Å². The molecule has 2 N–H and O–H groups in total. The molecule has 2 fully saturated rings. The number of nitrogens with zero attached hydrogens (tertiary/aromatic N) is 1. The number of esters is 1. The maximum absolute atomic E-state index is 12.3. The molecule has 0 spiro atoms. The van der Waals surface area contributed by atoms with Gasteiger partial charge in [0.1, 0.15) is 12.1 Å². The van der Waals surface area contributed by atoms with E-state index >= 15 is 0 Å². The van der Waals surface area contributed by atoms with Gasteiger partial charge in [0.05, 0.1) is 6.42 Å². The Labute approximate surface area is 160 Å². The molecule has 1 saturated heterocycles. The zero-order chi connectivity index (χ0) is 19.1. The molecule has 1 aliphatic carbocycles. The maximum Gasteiger partial charge on any atom is 0.308 e. The Balaban J connectivity index is 1.93. The Morgan fingerprint density at radius 1 is 1.31 bits per heavy atom. The van der Waals surface area contributed by atoms with Crippen LogP contribution in [0.2, 0.25) is 0 Å². The summed E-state index contributed by atoms with van der Waals surface area (Å²) >= 11 is 5.31. The summed E-state index contributed by atoms with van der Waals surface area (Å²) in [6.07, 6.45) is 5.33. The first-order chi connectivity index (χ1) is 12.4. The molecule has 1 unspecified atom stereocenters. The molecule has 146 valence electrons. The monoisotopic (exact) mass is 383 g/mol. The van der Waals surface area contributed by atoms with Crippen LogP contribution in [0.1, 0.15) is 58.8 Å². The van der Waals surface area contributed by atoms with Crippen molar-refractivity contribution in [2.24, 2.45) is 5.92 Å². The van der Waals surface area contributed by atoms with Gasteiger partial charge in [0.25, 0.3) is 0 Å². The highest BCUT2D eigenvalue weighted by atomic mass is 32.1. The van der Waals surface area contributed by atoms with E-state index in [0.29, 0.717) is 19.5 Å². The van der Waals surface area contributed by atoms with Crippen LogP contribution in [-0.4, -0.2) is 53.0 Å². The second-order valence-electron chi connectivity index (χ2n) is 7.41. The molecule has 2 rings (SSSR count). The molecule has 0 aromatic carbocycles. The molecule has 0 bridgehead atoms. The molecule has 0 aromatic heterocycles. The zero-order valence-corrected chi connectivity index (χ0v) is 16.4. The summed E-state index contributed by atoms with van der Waals surface area (Å²) in [5.74, 6) is -0.624. The van der Waals surface area contributed by atoms with E-state index in [-0.39, 0.29) is 41.3 Å². The fraction of sp³-hybridized carbons (Fsp3) is 0.778. The predicted molar refractivity (Wildman–Crippen MR) is 101 cm³/mol. The van der Waals surface area contributed by atoms with Crippen LogP contribution in [0.3, 0.4) is 0 Å². The maximum atomic E-state index is 12.3. The SMILES string of the molecule is CC(C)CC(=O)NC(=S)N1CCNC(=O)C1CC(=O)OC1CCCCC1. The highest BCUT2D eigenvalue weighted by Gasteiger charge is 2.34. The van der Waals surface area contributed by atoms with Crippen molar-refractivity contribution in [3.8, 4) is 0 Å². The number of piperazine rings is 1. The number of rotatable bonds is 5. The summed E-state index contributed by atoms with van der Waals surface area (Å²) < 4.78 is 5.53. The molecule has 1 heterocycles. The van der Waals surface area contributed by atoms with E-state index in [1.165, 1.54) is 6.42 Å². The minimum absolute atomic E-state index is 0.0472. The number of hydrogen-bond donors (Lipinski definition) is 2. The predicted octanol–water partition coefficient (Wildman–Crippen LogP) is 1.50. The molecule has 8 heteroatoms. The quantitative estimate of drug-likeness (QED) is 0.553. The number of carbonyl (C=O) groups excluding carboxylic acids is 3. The standard InChI is InChI=1S/C18H29N3O4S/c1-12(2)10-15(22)20-18(26)21-9-8-19-17(24)14(21)11-16(23)25-13-6-4-3-5-7-13/h12-14H,3-11H2,1-2H3,(H,19,24)(H,20,22,26). The van der Waals surface area contributed by atoms with Gasteiger partial charge in [0.15, 0.2) is 5.11 Å². The van der Waals surface area contributed by atoms with E-state index in [1.54, 1.807) is 4.90 Å². The van der Waals surface area contributed by atoms with Gasteiger partial charge in [-0.1, -0.05) is 20.3 Å². The van der Waals surface area contributed by atoms with Crippen molar-refractivity contribution in [3.63, 3.8) is 0 Å². The molecule has 1 aliphatic heterocycles. The number of hydrogen-bond acceptors (Lipinski definition) is 5. The summed E-state index contributed by atoms with van der Waals surface area (Å²) in [7, 11) is 0. The number of amides is 2. The average Bonchev–Trinajstić information content (AvgIpc) is 2.56. The van der Waals surface area contributed by atoms with Crippen molar-refractivity contribution in [2.45, 2.75) is 70.9 Å². The third-order valence-electron chi connectivity index (χ3n) is 4.64. The fourth-order valence-electron chi connectivity index (χ4n) is 3.35. The van der Waals surface area contributed by atoms with E-state index in [1.807, 2.05) is 13.8 Å². The fourth-order valence-corrected chi connectivity index (χ4v) is 3.68. The smallest absolute Gasteiger partial charge is 0.308 e. The van der Waals surface area contributed by atoms with Gasteiger partial charge in [-0.25, -0.2) is 0 Å². The van der Waals surface area contributed by atoms with E-state index in [9.17, 15) is 14.4 Å². The van der Waals surface area contributed by atoms with Gasteiger partial charge in [-0.2, -0.15) is 0 Å². The molecule has 2 amide bonds. The normalized spacial score (nSPS) is 21.3. The number of carbonyl (C=O) groups is 3. The van der Waals surface area contributed by atoms with Crippen molar-refractivity contribution in [3.05, 3.63) is 0 Å². The van der Waals surface area contributed by atoms with Crippen LogP contribution < -0.4 is 10.6 Å². The minimum atomic E-state index is -0.744. The lowest BCUT2D eigenvalue weighted by atomic mass is 9.98. The summed E-state index contributed by atoms with van der Waals surface area (Å²) in [4.78, 5) is 38.2.